The molecule has 0 heterocycles. The maximum atomic E-state index is 10.8. The number of nitrogens with one attached hydrogen (secondary N) is 2. The van der Waals surface area contributed by atoms with Crippen LogP contribution in [0.25, 0.3) is 0 Å². The Hall–Kier alpha value is -1.46. The lowest BCUT2D eigenvalue weighted by Gasteiger charge is -2.20. The van der Waals surface area contributed by atoms with Crippen molar-refractivity contribution in [3.63, 3.8) is 0 Å². The van der Waals surface area contributed by atoms with Gasteiger partial charge in [-0.15, -0.1) is 0 Å². The normalized spacial score (nSPS) is 11.6. The number of nitro benzene ring substituents is 1. The van der Waals surface area contributed by atoms with Gasteiger partial charge in [-0.05, 0) is 33.3 Å². The Morgan fingerprint density at radius 2 is 1.95 bits per heavy atom. The first-order valence-electron chi connectivity index (χ1n) is 6.50. The van der Waals surface area contributed by atoms with Crippen molar-refractivity contribution in [1.82, 2.24) is 10.6 Å². The van der Waals surface area contributed by atoms with E-state index in [1.165, 1.54) is 0 Å². The van der Waals surface area contributed by atoms with E-state index < -0.39 is 0 Å². The fraction of sp³-hybridized carbons (Fsp3) is 0.571. The maximum absolute atomic E-state index is 10.8. The lowest BCUT2D eigenvalue weighted by Crippen LogP contribution is -2.40. The van der Waals surface area contributed by atoms with Crippen molar-refractivity contribution in [3.05, 3.63) is 39.4 Å². The molecule has 1 aromatic rings. The Balaban J connectivity index is 2.46. The molecule has 0 fully saturated rings. The van der Waals surface area contributed by atoms with Crippen molar-refractivity contribution in [2.75, 3.05) is 13.1 Å². The predicted molar refractivity (Wildman–Crippen MR) is 77.3 cm³/mol. The van der Waals surface area contributed by atoms with E-state index in [9.17, 15) is 10.1 Å². The van der Waals surface area contributed by atoms with Gasteiger partial charge in [-0.2, -0.15) is 0 Å². The van der Waals surface area contributed by atoms with Crippen molar-refractivity contribution in [1.29, 1.82) is 0 Å². The summed E-state index contributed by atoms with van der Waals surface area (Å²) < 4.78 is 0. The lowest BCUT2D eigenvalue weighted by molar-refractivity contribution is -0.385. The molecule has 1 rings (SSSR count). The van der Waals surface area contributed by atoms with Crippen LogP contribution in [0.4, 0.5) is 5.69 Å². The quantitative estimate of drug-likeness (QED) is 0.471. The molecule has 0 amide bonds. The molecule has 0 spiro atoms. The van der Waals surface area contributed by atoms with Gasteiger partial charge in [-0.3, -0.25) is 10.1 Å². The van der Waals surface area contributed by atoms with Crippen LogP contribution in [-0.4, -0.2) is 23.6 Å². The van der Waals surface area contributed by atoms with Crippen LogP contribution < -0.4 is 10.6 Å². The highest BCUT2D eigenvalue weighted by Gasteiger charge is 2.12. The van der Waals surface area contributed by atoms with Gasteiger partial charge in [-0.1, -0.05) is 12.1 Å². The number of benzene rings is 1. The first-order chi connectivity index (χ1) is 8.81. The van der Waals surface area contributed by atoms with Gasteiger partial charge in [0.05, 0.1) is 4.92 Å². The van der Waals surface area contributed by atoms with Crippen molar-refractivity contribution in [2.24, 2.45) is 0 Å². The molecule has 2 N–H and O–H groups in total. The van der Waals surface area contributed by atoms with E-state index in [2.05, 4.69) is 31.4 Å². The van der Waals surface area contributed by atoms with Crippen LogP contribution in [0.1, 0.15) is 31.9 Å². The topological polar surface area (TPSA) is 67.2 Å². The van der Waals surface area contributed by atoms with E-state index in [0.29, 0.717) is 6.54 Å². The fourth-order valence-electron chi connectivity index (χ4n) is 1.81. The standard InChI is InChI=1S/C14H23N3O2/c1-11-12(6-5-7-13(11)17(18)19)10-15-8-9-16-14(2,3)4/h5-7,15-16H,8-10H2,1-4H3. The molecule has 106 valence electrons. The molecule has 5 heteroatoms. The number of hydrogen-bond acceptors (Lipinski definition) is 4. The van der Waals surface area contributed by atoms with Crippen LogP contribution in [0.2, 0.25) is 0 Å². The van der Waals surface area contributed by atoms with E-state index in [1.807, 2.05) is 6.07 Å². The fourth-order valence-corrected chi connectivity index (χ4v) is 1.81. The molecule has 0 aliphatic carbocycles. The Morgan fingerprint density at radius 1 is 1.26 bits per heavy atom. The summed E-state index contributed by atoms with van der Waals surface area (Å²) in [6.45, 7) is 10.5. The maximum Gasteiger partial charge on any atom is 0.272 e. The van der Waals surface area contributed by atoms with Crippen molar-refractivity contribution >= 4 is 5.69 Å². The summed E-state index contributed by atoms with van der Waals surface area (Å²) in [4.78, 5) is 10.5. The molecule has 0 aliphatic rings. The molecule has 0 unspecified atom stereocenters. The Labute approximate surface area is 114 Å². The lowest BCUT2D eigenvalue weighted by atomic mass is 10.1. The number of nitro groups is 1. The van der Waals surface area contributed by atoms with Crippen molar-refractivity contribution in [2.45, 2.75) is 39.8 Å². The van der Waals surface area contributed by atoms with Crippen LogP contribution in [0.5, 0.6) is 0 Å². The Bertz CT molecular complexity index is 439. The largest absolute Gasteiger partial charge is 0.311 e. The summed E-state index contributed by atoms with van der Waals surface area (Å²) in [5, 5.41) is 17.5. The molecule has 0 aliphatic heterocycles. The molecular formula is C14H23N3O2. The highest BCUT2D eigenvalue weighted by molar-refractivity contribution is 5.44. The van der Waals surface area contributed by atoms with Crippen LogP contribution in [0.3, 0.4) is 0 Å². The molecule has 0 saturated heterocycles. The summed E-state index contributed by atoms with van der Waals surface area (Å²) in [5.74, 6) is 0. The molecule has 0 bridgehead atoms. The zero-order valence-corrected chi connectivity index (χ0v) is 12.1. The van der Waals surface area contributed by atoms with Crippen LogP contribution >= 0.6 is 0 Å². The van der Waals surface area contributed by atoms with Gasteiger partial charge >= 0.3 is 0 Å². The average Bonchev–Trinajstić information content (AvgIpc) is 2.28. The summed E-state index contributed by atoms with van der Waals surface area (Å²) in [7, 11) is 0. The second-order valence-electron chi connectivity index (χ2n) is 5.67. The molecule has 1 aromatic carbocycles. The first kappa shape index (κ1) is 15.6. The van der Waals surface area contributed by atoms with E-state index in [4.69, 9.17) is 0 Å². The molecule has 5 nitrogen and oxygen atoms in total. The smallest absolute Gasteiger partial charge is 0.272 e. The zero-order chi connectivity index (χ0) is 14.5. The van der Waals surface area contributed by atoms with E-state index in [-0.39, 0.29) is 16.1 Å². The number of hydrogen-bond donors (Lipinski definition) is 2. The number of nitrogens with zero attached hydrogens (tertiary/aromatic N) is 1. The summed E-state index contributed by atoms with van der Waals surface area (Å²) in [6.07, 6.45) is 0. The second kappa shape index (κ2) is 6.63. The van der Waals surface area contributed by atoms with Gasteiger partial charge in [0.15, 0.2) is 0 Å². The monoisotopic (exact) mass is 265 g/mol. The summed E-state index contributed by atoms with van der Waals surface area (Å²) in [6, 6.07) is 5.20. The Kier molecular flexibility index (Phi) is 5.44. The minimum atomic E-state index is -0.333. The van der Waals surface area contributed by atoms with E-state index in [1.54, 1.807) is 19.1 Å². The van der Waals surface area contributed by atoms with Gasteiger partial charge in [0, 0.05) is 36.8 Å². The van der Waals surface area contributed by atoms with Gasteiger partial charge < -0.3 is 10.6 Å². The van der Waals surface area contributed by atoms with Crippen LogP contribution in [0.15, 0.2) is 18.2 Å². The van der Waals surface area contributed by atoms with Gasteiger partial charge in [0.25, 0.3) is 5.69 Å². The molecular weight excluding hydrogens is 242 g/mol. The average molecular weight is 265 g/mol. The third-order valence-electron chi connectivity index (χ3n) is 2.89. The van der Waals surface area contributed by atoms with E-state index in [0.717, 1.165) is 24.2 Å². The third kappa shape index (κ3) is 5.36. The van der Waals surface area contributed by atoms with Gasteiger partial charge in [0.1, 0.15) is 0 Å². The van der Waals surface area contributed by atoms with Crippen LogP contribution in [-0.2, 0) is 6.54 Å². The van der Waals surface area contributed by atoms with Crippen molar-refractivity contribution in [3.8, 4) is 0 Å². The minimum absolute atomic E-state index is 0.114. The SMILES string of the molecule is Cc1c(CNCCNC(C)(C)C)cccc1[N+](=O)[O-]. The zero-order valence-electron chi connectivity index (χ0n) is 12.1. The number of rotatable bonds is 6. The Morgan fingerprint density at radius 3 is 2.53 bits per heavy atom. The van der Waals surface area contributed by atoms with Crippen molar-refractivity contribution < 1.29 is 4.92 Å². The van der Waals surface area contributed by atoms with Gasteiger partial charge in [0.2, 0.25) is 0 Å². The molecule has 0 radical (unpaired) electrons. The summed E-state index contributed by atoms with van der Waals surface area (Å²) in [5.41, 5.74) is 2.02. The summed E-state index contributed by atoms with van der Waals surface area (Å²) >= 11 is 0. The third-order valence-corrected chi connectivity index (χ3v) is 2.89. The molecule has 0 atom stereocenters. The predicted octanol–water partition coefficient (Wildman–Crippen LogP) is 2.38. The minimum Gasteiger partial charge on any atom is -0.311 e. The van der Waals surface area contributed by atoms with Crippen LogP contribution in [0, 0.1) is 17.0 Å². The highest BCUT2D eigenvalue weighted by atomic mass is 16.6. The van der Waals surface area contributed by atoms with Gasteiger partial charge in [-0.25, -0.2) is 0 Å². The highest BCUT2D eigenvalue weighted by Crippen LogP contribution is 2.20. The molecule has 0 aromatic heterocycles. The first-order valence-corrected chi connectivity index (χ1v) is 6.50. The molecule has 19 heavy (non-hydrogen) atoms. The second-order valence-corrected chi connectivity index (χ2v) is 5.67. The van der Waals surface area contributed by atoms with E-state index >= 15 is 0 Å². The molecule has 0 saturated carbocycles.